The van der Waals surface area contributed by atoms with E-state index in [2.05, 4.69) is 23.7 Å². The highest BCUT2D eigenvalue weighted by molar-refractivity contribution is 5.66. The number of carboxylic acid groups (broad SMARTS) is 1. The van der Waals surface area contributed by atoms with E-state index >= 15 is 0 Å². The molecule has 4 nitrogen and oxygen atoms in total. The van der Waals surface area contributed by atoms with Crippen molar-refractivity contribution in [1.29, 1.82) is 0 Å². The smallest absolute Gasteiger partial charge is 0.303 e. The lowest BCUT2D eigenvalue weighted by molar-refractivity contribution is -0.137. The van der Waals surface area contributed by atoms with Crippen LogP contribution in [0.3, 0.4) is 0 Å². The molecular formula is C21H28O4. The van der Waals surface area contributed by atoms with Gasteiger partial charge in [0.25, 0.3) is 0 Å². The van der Waals surface area contributed by atoms with Crippen molar-refractivity contribution < 1.29 is 20.1 Å². The van der Waals surface area contributed by atoms with Gasteiger partial charge in [0.2, 0.25) is 0 Å². The Morgan fingerprint density at radius 3 is 2.64 bits per heavy atom. The molecule has 0 aromatic carbocycles. The standard InChI is InChI=1S/C21H28O4/c22-19(15-8-12-18-10-4-3-5-11-18)13-6-1-2-7-14-20(23)16-9-17-21(24)25/h1-2,6,13,18-20,22-23H,3-5,9-11,15-17H2,(H,24,25)/b2-1+,13-6+/t19-,20+/m0/s1. The highest BCUT2D eigenvalue weighted by Crippen LogP contribution is 2.22. The summed E-state index contributed by atoms with van der Waals surface area (Å²) in [6.45, 7) is 0. The number of aliphatic hydroxyl groups is 2. The fourth-order valence-corrected chi connectivity index (χ4v) is 2.58. The Morgan fingerprint density at radius 1 is 1.16 bits per heavy atom. The van der Waals surface area contributed by atoms with E-state index in [1.807, 2.05) is 0 Å². The first-order valence-electron chi connectivity index (χ1n) is 8.98. The maximum absolute atomic E-state index is 10.3. The quantitative estimate of drug-likeness (QED) is 0.490. The number of hydrogen-bond acceptors (Lipinski definition) is 3. The lowest BCUT2D eigenvalue weighted by atomic mass is 9.90. The fourth-order valence-electron chi connectivity index (χ4n) is 2.58. The van der Waals surface area contributed by atoms with Gasteiger partial charge in [-0.15, -0.1) is 0 Å². The summed E-state index contributed by atoms with van der Waals surface area (Å²) >= 11 is 0. The molecule has 0 aromatic heterocycles. The molecule has 0 spiro atoms. The van der Waals surface area contributed by atoms with E-state index in [0.29, 0.717) is 25.2 Å². The van der Waals surface area contributed by atoms with Crippen LogP contribution in [0.25, 0.3) is 0 Å². The van der Waals surface area contributed by atoms with Gasteiger partial charge in [0.15, 0.2) is 0 Å². The summed E-state index contributed by atoms with van der Waals surface area (Å²) in [7, 11) is 0. The SMILES string of the molecule is O=C(O)CCC[C@H](O)C#C/C=C/C=C/[C@H](O)CC#CC1CCCCC1. The van der Waals surface area contributed by atoms with Crippen LogP contribution in [0.5, 0.6) is 0 Å². The summed E-state index contributed by atoms with van der Waals surface area (Å²) in [5.41, 5.74) is 0. The minimum absolute atomic E-state index is 0.0405. The molecule has 2 atom stereocenters. The lowest BCUT2D eigenvalue weighted by Gasteiger charge is -2.15. The molecule has 0 aromatic rings. The molecule has 0 aliphatic heterocycles. The number of rotatable bonds is 7. The number of hydrogen-bond donors (Lipinski definition) is 3. The van der Waals surface area contributed by atoms with Crippen molar-refractivity contribution in [3.05, 3.63) is 24.3 Å². The molecule has 1 aliphatic rings. The van der Waals surface area contributed by atoms with Crippen LogP contribution in [0, 0.1) is 29.6 Å². The minimum Gasteiger partial charge on any atom is -0.481 e. The van der Waals surface area contributed by atoms with Gasteiger partial charge in [-0.05, 0) is 31.8 Å². The van der Waals surface area contributed by atoms with Crippen molar-refractivity contribution in [3.63, 3.8) is 0 Å². The molecule has 1 saturated carbocycles. The van der Waals surface area contributed by atoms with Gasteiger partial charge in [-0.3, -0.25) is 4.79 Å². The highest BCUT2D eigenvalue weighted by Gasteiger charge is 2.09. The van der Waals surface area contributed by atoms with Crippen LogP contribution < -0.4 is 0 Å². The summed E-state index contributed by atoms with van der Waals surface area (Å²) in [5, 5.41) is 27.9. The van der Waals surface area contributed by atoms with E-state index in [1.54, 1.807) is 24.3 Å². The van der Waals surface area contributed by atoms with Crippen LogP contribution in [0.1, 0.15) is 57.8 Å². The van der Waals surface area contributed by atoms with E-state index in [-0.39, 0.29) is 6.42 Å². The fraction of sp³-hybridized carbons (Fsp3) is 0.571. The van der Waals surface area contributed by atoms with Crippen molar-refractivity contribution in [2.45, 2.75) is 70.0 Å². The first-order valence-corrected chi connectivity index (χ1v) is 8.98. The molecule has 136 valence electrons. The molecule has 0 radical (unpaired) electrons. The molecule has 1 fully saturated rings. The third-order valence-electron chi connectivity index (χ3n) is 3.96. The van der Waals surface area contributed by atoms with Gasteiger partial charge in [-0.2, -0.15) is 0 Å². The topological polar surface area (TPSA) is 77.8 Å². The van der Waals surface area contributed by atoms with Crippen molar-refractivity contribution in [2.24, 2.45) is 5.92 Å². The number of aliphatic carboxylic acids is 1. The predicted octanol–water partition coefficient (Wildman–Crippen LogP) is 3.05. The number of aliphatic hydroxyl groups excluding tert-OH is 2. The molecule has 1 aliphatic carbocycles. The maximum atomic E-state index is 10.3. The van der Waals surface area contributed by atoms with Crippen LogP contribution in [0.4, 0.5) is 0 Å². The van der Waals surface area contributed by atoms with Crippen LogP contribution in [-0.4, -0.2) is 33.5 Å². The van der Waals surface area contributed by atoms with Gasteiger partial charge in [-0.25, -0.2) is 0 Å². The second kappa shape index (κ2) is 13.3. The van der Waals surface area contributed by atoms with E-state index in [9.17, 15) is 15.0 Å². The Labute approximate surface area is 150 Å². The van der Waals surface area contributed by atoms with Crippen molar-refractivity contribution in [2.75, 3.05) is 0 Å². The zero-order chi connectivity index (χ0) is 18.3. The molecule has 25 heavy (non-hydrogen) atoms. The number of carbonyl (C=O) groups is 1. The van der Waals surface area contributed by atoms with Crippen LogP contribution in [0.2, 0.25) is 0 Å². The first kappa shape index (κ1) is 21.0. The Morgan fingerprint density at radius 2 is 1.92 bits per heavy atom. The summed E-state index contributed by atoms with van der Waals surface area (Å²) in [4.78, 5) is 10.3. The second-order valence-electron chi connectivity index (χ2n) is 6.26. The van der Waals surface area contributed by atoms with Crippen LogP contribution >= 0.6 is 0 Å². The minimum atomic E-state index is -0.868. The Bertz CT molecular complexity index is 562. The summed E-state index contributed by atoms with van der Waals surface area (Å²) in [6, 6.07) is 0. The first-order chi connectivity index (χ1) is 12.1. The zero-order valence-corrected chi connectivity index (χ0v) is 14.7. The average molecular weight is 344 g/mol. The van der Waals surface area contributed by atoms with Gasteiger partial charge in [0.1, 0.15) is 6.10 Å². The van der Waals surface area contributed by atoms with E-state index < -0.39 is 18.2 Å². The largest absolute Gasteiger partial charge is 0.481 e. The van der Waals surface area contributed by atoms with E-state index in [1.165, 1.54) is 32.1 Å². The molecule has 0 heterocycles. The molecule has 3 N–H and O–H groups in total. The summed E-state index contributed by atoms with van der Waals surface area (Å²) < 4.78 is 0. The third-order valence-corrected chi connectivity index (χ3v) is 3.96. The van der Waals surface area contributed by atoms with E-state index in [0.717, 1.165) is 0 Å². The molecule has 0 amide bonds. The van der Waals surface area contributed by atoms with Crippen molar-refractivity contribution >= 4 is 5.97 Å². The molecule has 4 heteroatoms. The van der Waals surface area contributed by atoms with E-state index in [4.69, 9.17) is 5.11 Å². The van der Waals surface area contributed by atoms with Crippen LogP contribution in [-0.2, 0) is 4.79 Å². The normalized spacial score (nSPS) is 17.5. The third kappa shape index (κ3) is 12.1. The Hall–Kier alpha value is -2.01. The Balaban J connectivity index is 2.20. The molecule has 0 saturated heterocycles. The van der Waals surface area contributed by atoms with Crippen molar-refractivity contribution in [1.82, 2.24) is 0 Å². The van der Waals surface area contributed by atoms with Gasteiger partial charge in [0.05, 0.1) is 6.10 Å². The van der Waals surface area contributed by atoms with Crippen molar-refractivity contribution in [3.8, 4) is 23.7 Å². The average Bonchev–Trinajstić information content (AvgIpc) is 2.58. The maximum Gasteiger partial charge on any atom is 0.303 e. The summed E-state index contributed by atoms with van der Waals surface area (Å²) in [6.07, 6.45) is 12.7. The van der Waals surface area contributed by atoms with Gasteiger partial charge < -0.3 is 15.3 Å². The molecule has 1 rings (SSSR count). The lowest BCUT2D eigenvalue weighted by Crippen LogP contribution is -2.04. The monoisotopic (exact) mass is 344 g/mol. The predicted molar refractivity (Wildman–Crippen MR) is 98.5 cm³/mol. The molecule has 0 bridgehead atoms. The van der Waals surface area contributed by atoms with Gasteiger partial charge >= 0.3 is 5.97 Å². The van der Waals surface area contributed by atoms with Crippen LogP contribution in [0.15, 0.2) is 24.3 Å². The number of carboxylic acids is 1. The van der Waals surface area contributed by atoms with Gasteiger partial charge in [-0.1, -0.05) is 61.2 Å². The van der Waals surface area contributed by atoms with Gasteiger partial charge in [0, 0.05) is 18.8 Å². The Kier molecular flexibility index (Phi) is 11.2. The summed E-state index contributed by atoms with van der Waals surface area (Å²) in [5.74, 6) is 11.3. The number of allylic oxidation sites excluding steroid dienone is 3. The molecular weight excluding hydrogens is 316 g/mol. The second-order valence-corrected chi connectivity index (χ2v) is 6.26. The molecule has 0 unspecified atom stereocenters. The highest BCUT2D eigenvalue weighted by atomic mass is 16.4. The zero-order valence-electron chi connectivity index (χ0n) is 14.7.